The molecule has 1 atom stereocenters. The van der Waals surface area contributed by atoms with Gasteiger partial charge in [-0.05, 0) is 32.4 Å². The number of rotatable bonds is 2. The molecule has 0 saturated heterocycles. The molecule has 4 heteroatoms. The van der Waals surface area contributed by atoms with Gasteiger partial charge in [0.15, 0.2) is 0 Å². The summed E-state index contributed by atoms with van der Waals surface area (Å²) in [7, 11) is 0. The third kappa shape index (κ3) is 2.00. The Morgan fingerprint density at radius 2 is 2.15 bits per heavy atom. The Morgan fingerprint density at radius 3 is 2.90 bits per heavy atom. The lowest BCUT2D eigenvalue weighted by atomic mass is 9.86. The van der Waals surface area contributed by atoms with Gasteiger partial charge in [0.25, 0.3) is 0 Å². The molecule has 0 unspecified atom stereocenters. The first-order valence-corrected chi connectivity index (χ1v) is 7.07. The first-order chi connectivity index (χ1) is 9.53. The molecule has 2 aromatic rings. The summed E-state index contributed by atoms with van der Waals surface area (Å²) in [6.07, 6.45) is 0.668. The van der Waals surface area contributed by atoms with E-state index in [0.29, 0.717) is 13.0 Å². The molecular weight excluding hydrogens is 252 g/mol. The lowest BCUT2D eigenvalue weighted by Crippen LogP contribution is -2.53. The molecule has 3 rings (SSSR count). The van der Waals surface area contributed by atoms with Crippen molar-refractivity contribution in [2.75, 3.05) is 6.61 Å². The van der Waals surface area contributed by atoms with Gasteiger partial charge in [0.1, 0.15) is 6.04 Å². The third-order valence-corrected chi connectivity index (χ3v) is 3.95. The summed E-state index contributed by atoms with van der Waals surface area (Å²) in [6, 6.07) is 7.95. The average molecular weight is 272 g/mol. The van der Waals surface area contributed by atoms with Gasteiger partial charge < -0.3 is 9.72 Å². The number of nitrogens with one attached hydrogen (secondary N) is 2. The number of para-hydroxylation sites is 1. The highest BCUT2D eigenvalue weighted by Crippen LogP contribution is 2.35. The predicted octanol–water partition coefficient (Wildman–Crippen LogP) is 2.48. The zero-order valence-electron chi connectivity index (χ0n) is 12.1. The van der Waals surface area contributed by atoms with E-state index in [1.807, 2.05) is 19.1 Å². The average Bonchev–Trinajstić information content (AvgIpc) is 2.78. The van der Waals surface area contributed by atoms with Crippen molar-refractivity contribution in [3.05, 3.63) is 35.5 Å². The van der Waals surface area contributed by atoms with Crippen molar-refractivity contribution >= 4 is 16.9 Å². The molecule has 0 saturated carbocycles. The Hall–Kier alpha value is -1.81. The fourth-order valence-electron chi connectivity index (χ4n) is 3.09. The van der Waals surface area contributed by atoms with Gasteiger partial charge >= 0.3 is 5.97 Å². The van der Waals surface area contributed by atoms with E-state index in [-0.39, 0.29) is 17.6 Å². The normalized spacial score (nSPS) is 20.6. The zero-order valence-corrected chi connectivity index (χ0v) is 12.1. The number of benzene rings is 1. The largest absolute Gasteiger partial charge is 0.465 e. The molecule has 4 nitrogen and oxygen atoms in total. The topological polar surface area (TPSA) is 54.1 Å². The maximum atomic E-state index is 12.1. The number of aromatic amines is 1. The Labute approximate surface area is 118 Å². The summed E-state index contributed by atoms with van der Waals surface area (Å²) in [6.45, 7) is 6.43. The van der Waals surface area contributed by atoms with Gasteiger partial charge in [0, 0.05) is 23.0 Å². The number of esters is 1. The van der Waals surface area contributed by atoms with E-state index in [1.54, 1.807) is 0 Å². The number of hydrogen-bond acceptors (Lipinski definition) is 3. The number of carbonyl (C=O) groups excluding carboxylic acids is 1. The van der Waals surface area contributed by atoms with Crippen molar-refractivity contribution in [3.63, 3.8) is 0 Å². The van der Waals surface area contributed by atoms with Gasteiger partial charge in [-0.25, -0.2) is 0 Å². The molecule has 2 heterocycles. The zero-order chi connectivity index (χ0) is 14.3. The fraction of sp³-hybridized carbons (Fsp3) is 0.438. The summed E-state index contributed by atoms with van der Waals surface area (Å²) in [5.41, 5.74) is 3.24. The highest BCUT2D eigenvalue weighted by atomic mass is 16.5. The fourth-order valence-corrected chi connectivity index (χ4v) is 3.09. The van der Waals surface area contributed by atoms with E-state index >= 15 is 0 Å². The molecule has 0 spiro atoms. The van der Waals surface area contributed by atoms with Crippen LogP contribution in [0.25, 0.3) is 10.9 Å². The van der Waals surface area contributed by atoms with Crippen molar-refractivity contribution in [2.45, 2.75) is 38.8 Å². The van der Waals surface area contributed by atoms with Gasteiger partial charge in [-0.1, -0.05) is 18.2 Å². The van der Waals surface area contributed by atoms with Gasteiger partial charge in [0.2, 0.25) is 0 Å². The summed E-state index contributed by atoms with van der Waals surface area (Å²) in [5, 5.41) is 4.59. The molecule has 0 aliphatic carbocycles. The van der Waals surface area contributed by atoms with Crippen LogP contribution in [0.2, 0.25) is 0 Å². The van der Waals surface area contributed by atoms with Crippen molar-refractivity contribution in [2.24, 2.45) is 0 Å². The lowest BCUT2D eigenvalue weighted by molar-refractivity contribution is -0.146. The lowest BCUT2D eigenvalue weighted by Gasteiger charge is -2.36. The molecule has 1 aromatic heterocycles. The quantitative estimate of drug-likeness (QED) is 0.826. The molecule has 0 fully saturated rings. The van der Waals surface area contributed by atoms with Gasteiger partial charge in [-0.15, -0.1) is 0 Å². The summed E-state index contributed by atoms with van der Waals surface area (Å²) < 4.78 is 5.17. The molecule has 2 N–H and O–H groups in total. The Kier molecular flexibility index (Phi) is 3.05. The maximum Gasteiger partial charge on any atom is 0.323 e. The van der Waals surface area contributed by atoms with Crippen LogP contribution in [0.3, 0.4) is 0 Å². The SMILES string of the molecule is CCOC(=O)[C@@H]1Cc2c([nH]c3ccccc23)C(C)(C)N1. The molecule has 0 amide bonds. The van der Waals surface area contributed by atoms with Crippen LogP contribution in [0.4, 0.5) is 0 Å². The minimum atomic E-state index is -0.281. The highest BCUT2D eigenvalue weighted by Gasteiger charge is 2.38. The maximum absolute atomic E-state index is 12.1. The van der Waals surface area contributed by atoms with E-state index in [2.05, 4.69) is 36.3 Å². The van der Waals surface area contributed by atoms with Crippen molar-refractivity contribution in [3.8, 4) is 0 Å². The van der Waals surface area contributed by atoms with Crippen LogP contribution < -0.4 is 5.32 Å². The Bertz CT molecular complexity index is 658. The molecule has 20 heavy (non-hydrogen) atoms. The van der Waals surface area contributed by atoms with Crippen LogP contribution in [0.15, 0.2) is 24.3 Å². The van der Waals surface area contributed by atoms with E-state index < -0.39 is 0 Å². The number of ether oxygens (including phenoxy) is 1. The molecular formula is C16H20N2O2. The number of aromatic nitrogens is 1. The van der Waals surface area contributed by atoms with Crippen LogP contribution in [0.5, 0.6) is 0 Å². The van der Waals surface area contributed by atoms with Crippen LogP contribution in [-0.4, -0.2) is 23.6 Å². The minimum absolute atomic E-state index is 0.170. The van der Waals surface area contributed by atoms with E-state index in [1.165, 1.54) is 16.6 Å². The molecule has 106 valence electrons. The first kappa shape index (κ1) is 13.2. The second-order valence-corrected chi connectivity index (χ2v) is 5.80. The smallest absolute Gasteiger partial charge is 0.323 e. The van der Waals surface area contributed by atoms with Crippen LogP contribution in [-0.2, 0) is 21.5 Å². The molecule has 1 aliphatic heterocycles. The summed E-state index contributed by atoms with van der Waals surface area (Å²) >= 11 is 0. The number of hydrogen-bond donors (Lipinski definition) is 2. The van der Waals surface area contributed by atoms with Gasteiger partial charge in [-0.3, -0.25) is 10.1 Å². The number of H-pyrrole nitrogens is 1. The summed E-state index contributed by atoms with van der Waals surface area (Å²) in [5.74, 6) is -0.170. The first-order valence-electron chi connectivity index (χ1n) is 7.07. The molecule has 0 radical (unpaired) electrons. The second kappa shape index (κ2) is 4.63. The van der Waals surface area contributed by atoms with Crippen LogP contribution in [0, 0.1) is 0 Å². The second-order valence-electron chi connectivity index (χ2n) is 5.80. The number of carbonyl (C=O) groups is 1. The Morgan fingerprint density at radius 1 is 1.40 bits per heavy atom. The predicted molar refractivity (Wildman–Crippen MR) is 78.6 cm³/mol. The van der Waals surface area contributed by atoms with Gasteiger partial charge in [-0.2, -0.15) is 0 Å². The van der Waals surface area contributed by atoms with Crippen molar-refractivity contribution in [1.82, 2.24) is 10.3 Å². The van der Waals surface area contributed by atoms with E-state index in [9.17, 15) is 4.79 Å². The Balaban J connectivity index is 2.07. The van der Waals surface area contributed by atoms with Crippen molar-refractivity contribution in [1.29, 1.82) is 0 Å². The van der Waals surface area contributed by atoms with Crippen LogP contribution in [0.1, 0.15) is 32.0 Å². The molecule has 0 bridgehead atoms. The van der Waals surface area contributed by atoms with E-state index in [0.717, 1.165) is 5.52 Å². The van der Waals surface area contributed by atoms with Gasteiger partial charge in [0.05, 0.1) is 12.1 Å². The summed E-state index contributed by atoms with van der Waals surface area (Å²) in [4.78, 5) is 15.5. The van der Waals surface area contributed by atoms with E-state index in [4.69, 9.17) is 4.74 Å². The minimum Gasteiger partial charge on any atom is -0.465 e. The third-order valence-electron chi connectivity index (χ3n) is 3.95. The number of fused-ring (bicyclic) bond motifs is 3. The van der Waals surface area contributed by atoms with Crippen molar-refractivity contribution < 1.29 is 9.53 Å². The molecule has 1 aliphatic rings. The van der Waals surface area contributed by atoms with Crippen LogP contribution >= 0.6 is 0 Å². The monoisotopic (exact) mass is 272 g/mol. The molecule has 1 aromatic carbocycles. The highest BCUT2D eigenvalue weighted by molar-refractivity contribution is 5.87. The standard InChI is InChI=1S/C16H20N2O2/c1-4-20-15(19)13-9-11-10-7-5-6-8-12(10)17-14(11)16(2,3)18-13/h5-8,13,17-18H,4,9H2,1-3H3/t13-/m0/s1.